The summed E-state index contributed by atoms with van der Waals surface area (Å²) in [4.78, 5) is 71.9. The number of hydrogen-bond donors (Lipinski definition) is 3. The lowest BCUT2D eigenvalue weighted by atomic mass is 10.0. The summed E-state index contributed by atoms with van der Waals surface area (Å²) >= 11 is 0. The molecule has 17 nitrogen and oxygen atoms in total. The molecular weight excluding hydrogens is 1080 g/mol. The summed E-state index contributed by atoms with van der Waals surface area (Å²) in [5, 5.41) is 10.5. The van der Waals surface area contributed by atoms with Crippen LogP contribution < -0.4 is 0 Å². The van der Waals surface area contributed by atoms with Gasteiger partial charge in [-0.25, -0.2) is 9.13 Å². The lowest BCUT2D eigenvalue weighted by Gasteiger charge is -2.21. The summed E-state index contributed by atoms with van der Waals surface area (Å²) in [6.45, 7) is 7.06. The Morgan fingerprint density at radius 2 is 0.568 bits per heavy atom. The van der Waals surface area contributed by atoms with E-state index in [0.717, 1.165) is 121 Å². The van der Waals surface area contributed by atoms with E-state index >= 15 is 0 Å². The summed E-state index contributed by atoms with van der Waals surface area (Å²) in [6, 6.07) is 0. The maximum absolute atomic E-state index is 13.0. The highest BCUT2D eigenvalue weighted by Gasteiger charge is 2.30. The van der Waals surface area contributed by atoms with E-state index in [0.29, 0.717) is 25.7 Å². The monoisotopic (exact) mass is 1200 g/mol. The average molecular weight is 1200 g/mol. The number of carbonyl (C=O) groups is 4. The molecule has 0 amide bonds. The van der Waals surface area contributed by atoms with Crippen LogP contribution in [0.1, 0.15) is 311 Å². The molecule has 0 aromatic heterocycles. The van der Waals surface area contributed by atoms with Crippen LogP contribution in [0.25, 0.3) is 0 Å². The van der Waals surface area contributed by atoms with E-state index in [9.17, 15) is 43.2 Å². The molecule has 0 bridgehead atoms. The molecule has 480 valence electrons. The molecule has 0 heterocycles. The molecule has 2 unspecified atom stereocenters. The van der Waals surface area contributed by atoms with E-state index in [-0.39, 0.29) is 25.7 Å². The van der Waals surface area contributed by atoms with E-state index in [1.165, 1.54) is 109 Å². The van der Waals surface area contributed by atoms with Gasteiger partial charge < -0.3 is 33.8 Å². The highest BCUT2D eigenvalue weighted by molar-refractivity contribution is 7.47. The zero-order chi connectivity index (χ0) is 59.9. The normalized spacial score (nSPS) is 14.3. The standard InChI is InChI=1S/C62H120O17P2/c1-6-9-12-15-18-19-20-21-22-23-24-25-26-33-38-43-48-62(67)79-58(52-73-60(65)46-41-36-32-28-27-31-34-39-44-55(4)5)54-77-81(70,71)75-50-56(63)49-74-80(68,69)76-53-57(78-61(66)47-42-37-30-17-14-11-8-3)51-72-59(64)45-40-35-29-16-13-10-7-2/h55-58,63H,6-54H2,1-5H3,(H,68,69)(H,70,71)/t56-,57+,58+/m0/s1. The third kappa shape index (κ3) is 56.9. The molecule has 0 aliphatic carbocycles. The number of esters is 4. The van der Waals surface area contributed by atoms with Gasteiger partial charge in [0.05, 0.1) is 26.4 Å². The number of hydrogen-bond acceptors (Lipinski definition) is 15. The van der Waals surface area contributed by atoms with Gasteiger partial charge in [0.25, 0.3) is 0 Å². The number of aliphatic hydroxyl groups is 1. The maximum atomic E-state index is 13.0. The highest BCUT2D eigenvalue weighted by Crippen LogP contribution is 2.45. The van der Waals surface area contributed by atoms with Crippen molar-refractivity contribution in [1.29, 1.82) is 0 Å². The second-order valence-electron chi connectivity index (χ2n) is 22.9. The minimum Gasteiger partial charge on any atom is -0.462 e. The highest BCUT2D eigenvalue weighted by atomic mass is 31.2. The summed E-state index contributed by atoms with van der Waals surface area (Å²) in [5.41, 5.74) is 0. The molecule has 81 heavy (non-hydrogen) atoms. The molecule has 0 saturated carbocycles. The minimum atomic E-state index is -4.94. The van der Waals surface area contributed by atoms with Gasteiger partial charge in [-0.15, -0.1) is 0 Å². The molecule has 0 saturated heterocycles. The predicted octanol–water partition coefficient (Wildman–Crippen LogP) is 17.0. The number of phosphoric acid groups is 2. The fourth-order valence-electron chi connectivity index (χ4n) is 9.23. The number of ether oxygens (including phenoxy) is 4. The molecule has 0 spiro atoms. The number of phosphoric ester groups is 2. The van der Waals surface area contributed by atoms with Crippen LogP contribution in [-0.2, 0) is 65.4 Å². The summed E-state index contributed by atoms with van der Waals surface area (Å²) in [7, 11) is -9.87. The van der Waals surface area contributed by atoms with Crippen molar-refractivity contribution in [2.24, 2.45) is 5.92 Å². The number of rotatable bonds is 62. The minimum absolute atomic E-state index is 0.103. The van der Waals surface area contributed by atoms with Gasteiger partial charge in [0.15, 0.2) is 12.2 Å². The van der Waals surface area contributed by atoms with Crippen molar-refractivity contribution >= 4 is 39.5 Å². The first-order valence-corrected chi connectivity index (χ1v) is 35.6. The lowest BCUT2D eigenvalue weighted by molar-refractivity contribution is -0.161. The molecule has 0 radical (unpaired) electrons. The molecule has 0 aromatic carbocycles. The van der Waals surface area contributed by atoms with Gasteiger partial charge in [0.1, 0.15) is 19.3 Å². The molecule has 0 rings (SSSR count). The van der Waals surface area contributed by atoms with Crippen molar-refractivity contribution in [3.05, 3.63) is 0 Å². The van der Waals surface area contributed by atoms with E-state index in [1.807, 2.05) is 0 Å². The third-order valence-corrected chi connectivity index (χ3v) is 16.2. The van der Waals surface area contributed by atoms with Crippen molar-refractivity contribution in [2.75, 3.05) is 39.6 Å². The fraction of sp³-hybridized carbons (Fsp3) is 0.935. The van der Waals surface area contributed by atoms with Crippen molar-refractivity contribution < 1.29 is 80.2 Å². The van der Waals surface area contributed by atoms with Crippen LogP contribution in [0, 0.1) is 5.92 Å². The van der Waals surface area contributed by atoms with Gasteiger partial charge in [-0.3, -0.25) is 37.3 Å². The fourth-order valence-corrected chi connectivity index (χ4v) is 10.8. The SMILES string of the molecule is CCCCCCCCCCCCCCCCCCC(=O)O[C@H](COC(=O)CCCCCCCCCCC(C)C)COP(=O)(O)OC[C@@H](O)COP(=O)(O)OC[C@@H](COC(=O)CCCCCCCCC)OC(=O)CCCCCCCCC. The van der Waals surface area contributed by atoms with E-state index in [4.69, 9.17) is 37.0 Å². The maximum Gasteiger partial charge on any atom is 0.472 e. The second kappa shape index (κ2) is 55.9. The zero-order valence-corrected chi connectivity index (χ0v) is 53.7. The van der Waals surface area contributed by atoms with Crippen LogP contribution in [0.15, 0.2) is 0 Å². The third-order valence-electron chi connectivity index (χ3n) is 14.3. The molecule has 0 fully saturated rings. The Balaban J connectivity index is 5.17. The van der Waals surface area contributed by atoms with Crippen LogP contribution in [0.2, 0.25) is 0 Å². The molecule has 0 aromatic rings. The van der Waals surface area contributed by atoms with Crippen LogP contribution >= 0.6 is 15.6 Å². The van der Waals surface area contributed by atoms with Crippen LogP contribution in [0.5, 0.6) is 0 Å². The van der Waals surface area contributed by atoms with Gasteiger partial charge >= 0.3 is 39.5 Å². The van der Waals surface area contributed by atoms with Crippen molar-refractivity contribution in [3.8, 4) is 0 Å². The van der Waals surface area contributed by atoms with Crippen LogP contribution in [0.4, 0.5) is 0 Å². The van der Waals surface area contributed by atoms with E-state index in [2.05, 4.69) is 34.6 Å². The second-order valence-corrected chi connectivity index (χ2v) is 25.8. The van der Waals surface area contributed by atoms with E-state index in [1.54, 1.807) is 0 Å². The van der Waals surface area contributed by atoms with E-state index < -0.39 is 97.5 Å². The van der Waals surface area contributed by atoms with Gasteiger partial charge in [0, 0.05) is 25.7 Å². The van der Waals surface area contributed by atoms with Gasteiger partial charge in [-0.05, 0) is 31.6 Å². The molecule has 3 N–H and O–H groups in total. The van der Waals surface area contributed by atoms with Crippen LogP contribution in [-0.4, -0.2) is 96.7 Å². The van der Waals surface area contributed by atoms with Crippen molar-refractivity contribution in [3.63, 3.8) is 0 Å². The molecular formula is C62H120O17P2. The Morgan fingerprint density at radius 1 is 0.333 bits per heavy atom. The summed E-state index contributed by atoms with van der Waals surface area (Å²) < 4.78 is 67.7. The quantitative estimate of drug-likeness (QED) is 0.0222. The first kappa shape index (κ1) is 79.1. The number of carbonyl (C=O) groups excluding carboxylic acids is 4. The Kier molecular flexibility index (Phi) is 54.6. The zero-order valence-electron chi connectivity index (χ0n) is 51.9. The van der Waals surface area contributed by atoms with Crippen LogP contribution in [0.3, 0.4) is 0 Å². The smallest absolute Gasteiger partial charge is 0.462 e. The Bertz CT molecular complexity index is 1580. The summed E-state index contributed by atoms with van der Waals surface area (Å²) in [5.74, 6) is -1.42. The largest absolute Gasteiger partial charge is 0.472 e. The lowest BCUT2D eigenvalue weighted by Crippen LogP contribution is -2.30. The number of unbranched alkanes of at least 4 members (excludes halogenated alkanes) is 34. The molecule has 5 atom stereocenters. The first-order chi connectivity index (χ1) is 39.0. The summed E-state index contributed by atoms with van der Waals surface area (Å²) in [6.07, 6.45) is 39.2. The topological polar surface area (TPSA) is 237 Å². The van der Waals surface area contributed by atoms with Gasteiger partial charge in [-0.2, -0.15) is 0 Å². The predicted molar refractivity (Wildman–Crippen MR) is 322 cm³/mol. The Morgan fingerprint density at radius 3 is 0.840 bits per heavy atom. The Labute approximate surface area is 492 Å². The van der Waals surface area contributed by atoms with Crippen molar-refractivity contribution in [2.45, 2.75) is 329 Å². The molecule has 0 aliphatic rings. The first-order valence-electron chi connectivity index (χ1n) is 32.6. The van der Waals surface area contributed by atoms with Crippen molar-refractivity contribution in [1.82, 2.24) is 0 Å². The number of aliphatic hydroxyl groups excluding tert-OH is 1. The Hall–Kier alpha value is -1.94. The van der Waals surface area contributed by atoms with Gasteiger partial charge in [0.2, 0.25) is 0 Å². The molecule has 19 heteroatoms. The van der Waals surface area contributed by atoms with Gasteiger partial charge in [-0.1, -0.05) is 259 Å². The average Bonchev–Trinajstić information content (AvgIpc) is 3.43. The molecule has 0 aliphatic heterocycles.